The van der Waals surface area contributed by atoms with Crippen LogP contribution >= 0.6 is 0 Å². The van der Waals surface area contributed by atoms with Crippen LogP contribution in [0, 0.1) is 6.92 Å². The van der Waals surface area contributed by atoms with Crippen LogP contribution in [0.15, 0.2) is 72.3 Å². The zero-order valence-electron chi connectivity index (χ0n) is 17.3. The number of hydrogen-bond donors (Lipinski definition) is 0. The van der Waals surface area contributed by atoms with E-state index in [9.17, 15) is 8.42 Å². The molecule has 0 saturated heterocycles. The van der Waals surface area contributed by atoms with E-state index in [4.69, 9.17) is 0 Å². The summed E-state index contributed by atoms with van der Waals surface area (Å²) in [6.45, 7) is 2.05. The summed E-state index contributed by atoms with van der Waals surface area (Å²) in [6.07, 6.45) is 5.15. The zero-order chi connectivity index (χ0) is 21.8. The van der Waals surface area contributed by atoms with E-state index in [1.54, 1.807) is 23.0 Å². The van der Waals surface area contributed by atoms with E-state index in [0.717, 1.165) is 27.8 Å². The van der Waals surface area contributed by atoms with Crippen molar-refractivity contribution in [1.82, 2.24) is 28.5 Å². The number of sulfonamides is 1. The Morgan fingerprint density at radius 2 is 1.61 bits per heavy atom. The van der Waals surface area contributed by atoms with E-state index >= 15 is 0 Å². The lowest BCUT2D eigenvalue weighted by Crippen LogP contribution is -2.22. The van der Waals surface area contributed by atoms with Crippen molar-refractivity contribution in [2.75, 3.05) is 14.1 Å². The third kappa shape index (κ3) is 3.09. The predicted molar refractivity (Wildman–Crippen MR) is 119 cm³/mol. The largest absolute Gasteiger partial charge is 0.301 e. The molecule has 0 N–H and O–H groups in total. The summed E-state index contributed by atoms with van der Waals surface area (Å²) in [6, 6.07) is 15.1. The van der Waals surface area contributed by atoms with Gasteiger partial charge in [0.05, 0.1) is 10.3 Å². The second kappa shape index (κ2) is 7.00. The second-order valence-electron chi connectivity index (χ2n) is 7.53. The van der Waals surface area contributed by atoms with Crippen molar-refractivity contribution in [2.24, 2.45) is 0 Å². The van der Waals surface area contributed by atoms with Crippen LogP contribution in [0.5, 0.6) is 0 Å². The molecular weight excluding hydrogens is 412 g/mol. The van der Waals surface area contributed by atoms with E-state index in [1.807, 2.05) is 42.0 Å². The molecule has 3 heterocycles. The first-order valence-corrected chi connectivity index (χ1v) is 11.1. The second-order valence-corrected chi connectivity index (χ2v) is 9.68. The fourth-order valence-corrected chi connectivity index (χ4v) is 4.51. The summed E-state index contributed by atoms with van der Waals surface area (Å²) in [5, 5.41) is 5.06. The summed E-state index contributed by atoms with van der Waals surface area (Å²) in [7, 11) is -0.457. The first-order valence-electron chi connectivity index (χ1n) is 9.65. The number of fused-ring (bicyclic) bond motifs is 3. The molecule has 5 rings (SSSR count). The number of aryl methyl sites for hydroxylation is 1. The number of nitrogens with zero attached hydrogens (tertiary/aromatic N) is 6. The Morgan fingerprint density at radius 1 is 0.903 bits per heavy atom. The molecule has 0 amide bonds. The molecule has 0 aliphatic rings. The quantitative estimate of drug-likeness (QED) is 0.435. The lowest BCUT2D eigenvalue weighted by atomic mass is 10.1. The van der Waals surface area contributed by atoms with Crippen molar-refractivity contribution in [2.45, 2.75) is 11.8 Å². The minimum atomic E-state index is -3.50. The highest BCUT2D eigenvalue weighted by Crippen LogP contribution is 2.34. The fourth-order valence-electron chi connectivity index (χ4n) is 3.60. The van der Waals surface area contributed by atoms with Gasteiger partial charge in [-0.25, -0.2) is 27.2 Å². The minimum Gasteiger partial charge on any atom is -0.301 e. The first kappa shape index (κ1) is 19.4. The predicted octanol–water partition coefficient (Wildman–Crippen LogP) is 3.29. The summed E-state index contributed by atoms with van der Waals surface area (Å²) in [4.78, 5) is 9.30. The molecule has 0 bridgehead atoms. The van der Waals surface area contributed by atoms with Gasteiger partial charge in [0.25, 0.3) is 0 Å². The SMILES string of the molecule is Cc1ccc(-n2cc(-c3ccc(S(=O)(=O)N(C)C)cc3)c3c2ncn2ncnc32)cc1. The van der Waals surface area contributed by atoms with E-state index in [0.29, 0.717) is 5.65 Å². The highest BCUT2D eigenvalue weighted by Gasteiger charge is 2.20. The molecule has 0 aliphatic heterocycles. The molecule has 0 atom stereocenters. The maximum Gasteiger partial charge on any atom is 0.242 e. The molecule has 2 aromatic carbocycles. The number of hydrogen-bond acceptors (Lipinski definition) is 5. The Bertz CT molecular complexity index is 1510. The Balaban J connectivity index is 1.75. The molecule has 0 aliphatic carbocycles. The zero-order valence-corrected chi connectivity index (χ0v) is 18.1. The third-order valence-corrected chi connectivity index (χ3v) is 7.15. The average molecular weight is 433 g/mol. The molecule has 0 saturated carbocycles. The van der Waals surface area contributed by atoms with Gasteiger partial charge in [-0.05, 0) is 36.8 Å². The van der Waals surface area contributed by atoms with E-state index in [2.05, 4.69) is 27.2 Å². The van der Waals surface area contributed by atoms with Gasteiger partial charge in [0.2, 0.25) is 10.0 Å². The highest BCUT2D eigenvalue weighted by atomic mass is 32.2. The van der Waals surface area contributed by atoms with Crippen LogP contribution in [0.2, 0.25) is 0 Å². The summed E-state index contributed by atoms with van der Waals surface area (Å²) < 4.78 is 29.7. The number of aromatic nitrogens is 5. The molecule has 0 unspecified atom stereocenters. The summed E-state index contributed by atoms with van der Waals surface area (Å²) in [5.74, 6) is 0. The van der Waals surface area contributed by atoms with Gasteiger partial charge in [-0.15, -0.1) is 0 Å². The van der Waals surface area contributed by atoms with E-state index < -0.39 is 10.0 Å². The van der Waals surface area contributed by atoms with Gasteiger partial charge in [-0.3, -0.25) is 0 Å². The average Bonchev–Trinajstić information content (AvgIpc) is 3.38. The maximum atomic E-state index is 12.4. The molecule has 31 heavy (non-hydrogen) atoms. The Labute approximate surface area is 179 Å². The van der Waals surface area contributed by atoms with Gasteiger partial charge in [0, 0.05) is 31.5 Å². The smallest absolute Gasteiger partial charge is 0.242 e. The van der Waals surface area contributed by atoms with Crippen molar-refractivity contribution < 1.29 is 8.42 Å². The fraction of sp³-hybridized carbons (Fsp3) is 0.136. The standard InChI is InChI=1S/C22H20N6O2S/c1-15-4-8-17(9-5-15)27-12-19(20-21(27)24-14-28-22(20)23-13-25-28)16-6-10-18(11-7-16)31(29,30)26(2)3/h4-14H,1-3H3. The van der Waals surface area contributed by atoms with Crippen LogP contribution in [0.25, 0.3) is 33.5 Å². The maximum absolute atomic E-state index is 12.4. The Hall–Kier alpha value is -3.56. The lowest BCUT2D eigenvalue weighted by molar-refractivity contribution is 0.521. The molecule has 9 heteroatoms. The van der Waals surface area contributed by atoms with Crippen molar-refractivity contribution >= 4 is 26.7 Å². The van der Waals surface area contributed by atoms with Gasteiger partial charge < -0.3 is 4.57 Å². The van der Waals surface area contributed by atoms with E-state index in [1.165, 1.54) is 30.3 Å². The van der Waals surface area contributed by atoms with Crippen molar-refractivity contribution in [3.63, 3.8) is 0 Å². The van der Waals surface area contributed by atoms with Crippen molar-refractivity contribution in [3.8, 4) is 16.8 Å². The van der Waals surface area contributed by atoms with Crippen LogP contribution < -0.4 is 0 Å². The first-order chi connectivity index (χ1) is 14.9. The molecule has 0 radical (unpaired) electrons. The van der Waals surface area contributed by atoms with Crippen LogP contribution in [-0.2, 0) is 10.0 Å². The number of rotatable bonds is 4. The normalized spacial score (nSPS) is 12.3. The Kier molecular flexibility index (Phi) is 4.38. The van der Waals surface area contributed by atoms with Gasteiger partial charge in [-0.1, -0.05) is 29.8 Å². The van der Waals surface area contributed by atoms with Gasteiger partial charge in [0.1, 0.15) is 12.7 Å². The molecule has 156 valence electrons. The van der Waals surface area contributed by atoms with Crippen LogP contribution in [0.1, 0.15) is 5.56 Å². The highest BCUT2D eigenvalue weighted by molar-refractivity contribution is 7.89. The Morgan fingerprint density at radius 3 is 2.29 bits per heavy atom. The topological polar surface area (TPSA) is 85.4 Å². The molecular formula is C22H20N6O2S. The molecule has 0 spiro atoms. The summed E-state index contributed by atoms with van der Waals surface area (Å²) >= 11 is 0. The molecule has 3 aromatic heterocycles. The van der Waals surface area contributed by atoms with Crippen molar-refractivity contribution in [3.05, 3.63) is 72.9 Å². The monoisotopic (exact) mass is 432 g/mol. The molecule has 8 nitrogen and oxygen atoms in total. The van der Waals surface area contributed by atoms with Crippen molar-refractivity contribution in [1.29, 1.82) is 0 Å². The molecule has 5 aromatic rings. The van der Waals surface area contributed by atoms with Crippen LogP contribution in [-0.4, -0.2) is 51.0 Å². The van der Waals surface area contributed by atoms with E-state index in [-0.39, 0.29) is 4.90 Å². The van der Waals surface area contributed by atoms with Gasteiger partial charge >= 0.3 is 0 Å². The summed E-state index contributed by atoms with van der Waals surface area (Å²) in [5.41, 5.74) is 5.36. The third-order valence-electron chi connectivity index (χ3n) is 5.32. The van der Waals surface area contributed by atoms with Gasteiger partial charge in [0.15, 0.2) is 11.3 Å². The number of benzene rings is 2. The minimum absolute atomic E-state index is 0.245. The van der Waals surface area contributed by atoms with Crippen LogP contribution in [0.4, 0.5) is 0 Å². The molecule has 0 fully saturated rings. The van der Waals surface area contributed by atoms with Crippen LogP contribution in [0.3, 0.4) is 0 Å². The van der Waals surface area contributed by atoms with Gasteiger partial charge in [-0.2, -0.15) is 5.10 Å². The lowest BCUT2D eigenvalue weighted by Gasteiger charge is -2.11.